The molecule has 0 aromatic heterocycles. The van der Waals surface area contributed by atoms with Crippen molar-refractivity contribution in [2.45, 2.75) is 26.7 Å². The van der Waals surface area contributed by atoms with Crippen LogP contribution in [0.4, 0.5) is 0 Å². The quantitative estimate of drug-likeness (QED) is 0.435. The molecule has 0 radical (unpaired) electrons. The lowest BCUT2D eigenvalue weighted by atomic mass is 10.3. The molecule has 0 bridgehead atoms. The van der Waals surface area contributed by atoms with Crippen molar-refractivity contribution in [2.75, 3.05) is 26.2 Å². The van der Waals surface area contributed by atoms with Gasteiger partial charge in [0.15, 0.2) is 0 Å². The third-order valence-electron chi connectivity index (χ3n) is 1.74. The number of rotatable bonds is 8. The molecule has 72 valence electrons. The molecule has 0 fully saturated rings. The Morgan fingerprint density at radius 2 is 1.75 bits per heavy atom. The first-order valence-corrected chi connectivity index (χ1v) is 4.74. The monoisotopic (exact) mass is 172 g/mol. The lowest BCUT2D eigenvalue weighted by molar-refractivity contribution is -0.109. The van der Waals surface area contributed by atoms with Gasteiger partial charge in [-0.25, -0.2) is 0 Å². The molecule has 0 aliphatic heterocycles. The van der Waals surface area contributed by atoms with Crippen LogP contribution in [0.2, 0.25) is 0 Å². The Kier molecular flexibility index (Phi) is 8.12. The lowest BCUT2D eigenvalue weighted by Crippen LogP contribution is -2.32. The molecule has 3 heteroatoms. The summed E-state index contributed by atoms with van der Waals surface area (Å²) in [5, 5.41) is 2.67. The summed E-state index contributed by atoms with van der Waals surface area (Å²) in [6.07, 6.45) is 3.12. The summed E-state index contributed by atoms with van der Waals surface area (Å²) in [5.41, 5.74) is 0. The molecular weight excluding hydrogens is 152 g/mol. The van der Waals surface area contributed by atoms with Gasteiger partial charge in [0.1, 0.15) is 0 Å². The summed E-state index contributed by atoms with van der Waals surface area (Å²) in [6.45, 7) is 8.36. The van der Waals surface area contributed by atoms with Crippen LogP contribution in [0.25, 0.3) is 0 Å². The second-order valence-corrected chi connectivity index (χ2v) is 2.91. The third-order valence-corrected chi connectivity index (χ3v) is 1.74. The predicted molar refractivity (Wildman–Crippen MR) is 51.1 cm³/mol. The van der Waals surface area contributed by atoms with Gasteiger partial charge in [0.2, 0.25) is 6.41 Å². The first kappa shape index (κ1) is 11.4. The Hall–Kier alpha value is -0.570. The van der Waals surface area contributed by atoms with Gasteiger partial charge < -0.3 is 10.2 Å². The van der Waals surface area contributed by atoms with Crippen LogP contribution in [-0.2, 0) is 4.79 Å². The smallest absolute Gasteiger partial charge is 0.207 e. The molecule has 0 atom stereocenters. The van der Waals surface area contributed by atoms with Crippen LogP contribution in [-0.4, -0.2) is 37.5 Å². The molecular formula is C9H20N2O. The normalized spacial score (nSPS) is 10.2. The zero-order valence-corrected chi connectivity index (χ0v) is 8.18. The van der Waals surface area contributed by atoms with Crippen molar-refractivity contribution in [1.82, 2.24) is 10.2 Å². The van der Waals surface area contributed by atoms with Crippen LogP contribution >= 0.6 is 0 Å². The summed E-state index contributed by atoms with van der Waals surface area (Å²) in [5.74, 6) is 0. The van der Waals surface area contributed by atoms with Crippen molar-refractivity contribution in [3.8, 4) is 0 Å². The van der Waals surface area contributed by atoms with Crippen molar-refractivity contribution >= 4 is 6.41 Å². The maximum atomic E-state index is 9.97. The first-order valence-electron chi connectivity index (χ1n) is 4.74. The van der Waals surface area contributed by atoms with Gasteiger partial charge in [0, 0.05) is 13.1 Å². The molecule has 1 N–H and O–H groups in total. The molecule has 0 aliphatic rings. The third kappa shape index (κ3) is 6.16. The summed E-state index contributed by atoms with van der Waals surface area (Å²) in [4.78, 5) is 12.3. The minimum atomic E-state index is 0.760. The predicted octanol–water partition coefficient (Wildman–Crippen LogP) is 0.854. The van der Waals surface area contributed by atoms with E-state index >= 15 is 0 Å². The zero-order chi connectivity index (χ0) is 9.23. The molecule has 0 aliphatic carbocycles. The lowest BCUT2D eigenvalue weighted by Gasteiger charge is -2.20. The van der Waals surface area contributed by atoms with E-state index in [9.17, 15) is 4.79 Å². The Balaban J connectivity index is 3.40. The number of nitrogens with one attached hydrogen (secondary N) is 1. The van der Waals surface area contributed by atoms with Gasteiger partial charge >= 0.3 is 0 Å². The maximum Gasteiger partial charge on any atom is 0.207 e. The van der Waals surface area contributed by atoms with Crippen LogP contribution < -0.4 is 5.32 Å². The highest BCUT2D eigenvalue weighted by Crippen LogP contribution is 1.92. The summed E-state index contributed by atoms with van der Waals surface area (Å²) in [7, 11) is 0. The van der Waals surface area contributed by atoms with Crippen LogP contribution in [0, 0.1) is 0 Å². The van der Waals surface area contributed by atoms with Crippen LogP contribution in [0.5, 0.6) is 0 Å². The molecule has 1 amide bonds. The summed E-state index contributed by atoms with van der Waals surface area (Å²) in [6, 6.07) is 0. The number of amides is 1. The fourth-order valence-corrected chi connectivity index (χ4v) is 1.25. The SMILES string of the molecule is CCCN(CCC)CCNC=O. The Bertz CT molecular complexity index is 101. The van der Waals surface area contributed by atoms with Gasteiger partial charge in [-0.15, -0.1) is 0 Å². The fourth-order valence-electron chi connectivity index (χ4n) is 1.25. The van der Waals surface area contributed by atoms with E-state index < -0.39 is 0 Å². The number of hydrogen-bond donors (Lipinski definition) is 1. The molecule has 0 rings (SSSR count). The molecule has 3 nitrogen and oxygen atoms in total. The molecule has 0 saturated heterocycles. The standard InChI is InChI=1S/C9H20N2O/c1-3-6-11(7-4-2)8-5-10-9-12/h9H,3-8H2,1-2H3,(H,10,12). The summed E-state index contributed by atoms with van der Waals surface area (Å²) < 4.78 is 0. The van der Waals surface area contributed by atoms with E-state index in [2.05, 4.69) is 24.1 Å². The minimum Gasteiger partial charge on any atom is -0.357 e. The van der Waals surface area contributed by atoms with Crippen molar-refractivity contribution in [3.05, 3.63) is 0 Å². The van der Waals surface area contributed by atoms with Crippen LogP contribution in [0.3, 0.4) is 0 Å². The van der Waals surface area contributed by atoms with Crippen molar-refractivity contribution < 1.29 is 4.79 Å². The second-order valence-electron chi connectivity index (χ2n) is 2.91. The van der Waals surface area contributed by atoms with Gasteiger partial charge in [-0.3, -0.25) is 4.79 Å². The maximum absolute atomic E-state index is 9.97. The van der Waals surface area contributed by atoms with Crippen LogP contribution in [0.15, 0.2) is 0 Å². The van der Waals surface area contributed by atoms with E-state index in [0.717, 1.165) is 32.6 Å². The van der Waals surface area contributed by atoms with Gasteiger partial charge in [0.05, 0.1) is 0 Å². The molecule has 0 aromatic carbocycles. The average molecular weight is 172 g/mol. The number of carbonyl (C=O) groups excluding carboxylic acids is 1. The molecule has 0 aromatic rings. The number of hydrogen-bond acceptors (Lipinski definition) is 2. The van der Waals surface area contributed by atoms with Crippen molar-refractivity contribution in [3.63, 3.8) is 0 Å². The second kappa shape index (κ2) is 8.53. The molecule has 0 spiro atoms. The first-order chi connectivity index (χ1) is 5.85. The van der Waals surface area contributed by atoms with Gasteiger partial charge in [0.25, 0.3) is 0 Å². The number of nitrogens with zero attached hydrogens (tertiary/aromatic N) is 1. The summed E-state index contributed by atoms with van der Waals surface area (Å²) >= 11 is 0. The van der Waals surface area contributed by atoms with E-state index in [1.54, 1.807) is 0 Å². The number of carbonyl (C=O) groups is 1. The minimum absolute atomic E-state index is 0.760. The zero-order valence-electron chi connectivity index (χ0n) is 8.18. The van der Waals surface area contributed by atoms with Gasteiger partial charge in [-0.1, -0.05) is 13.8 Å². The van der Waals surface area contributed by atoms with E-state index in [1.807, 2.05) is 0 Å². The highest BCUT2D eigenvalue weighted by molar-refractivity contribution is 5.45. The molecule has 0 unspecified atom stereocenters. The van der Waals surface area contributed by atoms with Gasteiger partial charge in [-0.2, -0.15) is 0 Å². The van der Waals surface area contributed by atoms with Crippen molar-refractivity contribution in [2.24, 2.45) is 0 Å². The Morgan fingerprint density at radius 1 is 1.17 bits per heavy atom. The van der Waals surface area contributed by atoms with Crippen molar-refractivity contribution in [1.29, 1.82) is 0 Å². The highest BCUT2D eigenvalue weighted by atomic mass is 16.1. The van der Waals surface area contributed by atoms with Gasteiger partial charge in [-0.05, 0) is 25.9 Å². The van der Waals surface area contributed by atoms with E-state index in [-0.39, 0.29) is 0 Å². The van der Waals surface area contributed by atoms with Crippen LogP contribution in [0.1, 0.15) is 26.7 Å². The molecule has 12 heavy (non-hydrogen) atoms. The molecule has 0 heterocycles. The topological polar surface area (TPSA) is 32.3 Å². The Morgan fingerprint density at radius 3 is 2.17 bits per heavy atom. The van der Waals surface area contributed by atoms with E-state index in [4.69, 9.17) is 0 Å². The highest BCUT2D eigenvalue weighted by Gasteiger charge is 2.00. The largest absolute Gasteiger partial charge is 0.357 e. The molecule has 0 saturated carbocycles. The van der Waals surface area contributed by atoms with E-state index in [1.165, 1.54) is 12.8 Å². The average Bonchev–Trinajstić information content (AvgIpc) is 2.06. The van der Waals surface area contributed by atoms with E-state index in [0.29, 0.717) is 0 Å². The fraction of sp³-hybridized carbons (Fsp3) is 0.889. The Labute approximate surface area is 75.1 Å².